The average Bonchev–Trinajstić information content (AvgIpc) is 3.58. The fourth-order valence-corrected chi connectivity index (χ4v) is 10.9. The fraction of sp³-hybridized carbons (Fsp3) is 0.730. The van der Waals surface area contributed by atoms with E-state index in [2.05, 4.69) is 25.3 Å². The molecule has 252 valence electrons. The van der Waals surface area contributed by atoms with E-state index >= 15 is 0 Å². The van der Waals surface area contributed by atoms with Crippen LogP contribution in [-0.2, 0) is 25.4 Å². The predicted octanol–water partition coefficient (Wildman–Crippen LogP) is 3.89. The summed E-state index contributed by atoms with van der Waals surface area (Å²) in [6.07, 6.45) is 7.68. The van der Waals surface area contributed by atoms with Crippen LogP contribution in [0.5, 0.6) is 0 Å². The second kappa shape index (κ2) is 12.1. The zero-order chi connectivity index (χ0) is 32.3. The lowest BCUT2D eigenvalue weighted by Crippen LogP contribution is -2.69. The van der Waals surface area contributed by atoms with Crippen LogP contribution in [0.25, 0.3) is 0 Å². The molecule has 1 saturated heterocycles. The normalized spacial score (nSPS) is 47.2. The topological polar surface area (TPSA) is 138 Å². The highest BCUT2D eigenvalue weighted by molar-refractivity contribution is 5.85. The number of carbonyl (C=O) groups excluding carboxylic acids is 1. The van der Waals surface area contributed by atoms with Gasteiger partial charge in [-0.2, -0.15) is 0 Å². The Bertz CT molecular complexity index is 1340. The first kappa shape index (κ1) is 32.4. The number of rotatable bonds is 7. The Hall–Kier alpha value is -2.14. The third-order valence-electron chi connectivity index (χ3n) is 13.3. The summed E-state index contributed by atoms with van der Waals surface area (Å²) in [5.41, 5.74) is -0.707. The van der Waals surface area contributed by atoms with E-state index in [9.17, 15) is 25.2 Å². The highest BCUT2D eigenvalue weighted by atomic mass is 16.7. The summed E-state index contributed by atoms with van der Waals surface area (Å²) in [5.74, 6) is -0.110. The van der Waals surface area contributed by atoms with Gasteiger partial charge in [0.2, 0.25) is 0 Å². The van der Waals surface area contributed by atoms with Crippen LogP contribution in [0.4, 0.5) is 0 Å². The van der Waals surface area contributed by atoms with E-state index in [-0.39, 0.29) is 41.7 Å². The molecule has 0 bridgehead atoms. The van der Waals surface area contributed by atoms with Gasteiger partial charge >= 0.3 is 5.97 Å². The fourth-order valence-electron chi connectivity index (χ4n) is 10.9. The first-order valence-corrected chi connectivity index (χ1v) is 17.5. The first-order chi connectivity index (χ1) is 22.0. The minimum atomic E-state index is -1.07. The van der Waals surface area contributed by atoms with Crippen molar-refractivity contribution in [2.45, 2.75) is 126 Å². The number of aliphatic hydroxyl groups excluding tert-OH is 2. The number of carbonyl (C=O) groups is 1. The molecule has 4 saturated carbocycles. The molecule has 5 fully saturated rings. The number of nitrogens with zero attached hydrogens (tertiary/aromatic N) is 1. The number of fused-ring (bicyclic) bond motifs is 5. The molecule has 2 aliphatic heterocycles. The Morgan fingerprint density at radius 1 is 1.02 bits per heavy atom. The van der Waals surface area contributed by atoms with Gasteiger partial charge in [-0.25, -0.2) is 4.79 Å². The summed E-state index contributed by atoms with van der Waals surface area (Å²) >= 11 is 0. The van der Waals surface area contributed by atoms with E-state index in [0.717, 1.165) is 31.3 Å². The minimum absolute atomic E-state index is 0.00681. The van der Waals surface area contributed by atoms with Gasteiger partial charge in [0.15, 0.2) is 6.29 Å². The number of cyclic esters (lactones) is 1. The minimum Gasteiger partial charge on any atom is -0.458 e. The zero-order valence-corrected chi connectivity index (χ0v) is 27.2. The Labute approximate surface area is 272 Å². The summed E-state index contributed by atoms with van der Waals surface area (Å²) < 4.78 is 17.6. The van der Waals surface area contributed by atoms with Crippen LogP contribution in [0.3, 0.4) is 0 Å². The largest absolute Gasteiger partial charge is 0.458 e. The number of aliphatic hydroxyl groups is 4. The van der Waals surface area contributed by atoms with Crippen LogP contribution in [0.1, 0.15) is 83.6 Å². The number of ether oxygens (including phenoxy) is 3. The molecule has 1 aromatic rings. The van der Waals surface area contributed by atoms with E-state index < -0.39 is 41.2 Å². The number of benzene rings is 1. The molecule has 9 unspecified atom stereocenters. The lowest BCUT2D eigenvalue weighted by molar-refractivity contribution is -0.282. The molecule has 12 atom stereocenters. The maximum Gasteiger partial charge on any atom is 0.331 e. The smallest absolute Gasteiger partial charge is 0.331 e. The summed E-state index contributed by atoms with van der Waals surface area (Å²) in [6.45, 7) is 4.90. The van der Waals surface area contributed by atoms with Gasteiger partial charge in [-0.1, -0.05) is 37.3 Å². The summed E-state index contributed by atoms with van der Waals surface area (Å²) in [5, 5.41) is 46.0. The van der Waals surface area contributed by atoms with Gasteiger partial charge in [-0.15, -0.1) is 0 Å². The van der Waals surface area contributed by atoms with Crippen molar-refractivity contribution in [2.24, 2.45) is 33.6 Å². The third-order valence-corrected chi connectivity index (χ3v) is 13.3. The Balaban J connectivity index is 1.16. The molecule has 9 heteroatoms. The lowest BCUT2D eigenvalue weighted by Gasteiger charge is -2.66. The van der Waals surface area contributed by atoms with Crippen LogP contribution in [0.2, 0.25) is 0 Å². The maximum atomic E-state index is 12.7. The Kier molecular flexibility index (Phi) is 8.51. The van der Waals surface area contributed by atoms with Crippen LogP contribution in [-0.4, -0.2) is 87.7 Å². The van der Waals surface area contributed by atoms with Gasteiger partial charge in [0, 0.05) is 42.5 Å². The number of aliphatic imine (C=N–C) groups is 1. The molecule has 0 aromatic heterocycles. The maximum absolute atomic E-state index is 12.7. The monoisotopic (exact) mass is 637 g/mol. The van der Waals surface area contributed by atoms with Crippen molar-refractivity contribution >= 4 is 12.2 Å². The van der Waals surface area contributed by atoms with Gasteiger partial charge in [0.05, 0.1) is 29.5 Å². The molecular formula is C37H51NO8. The SMILES string of the molecule is CC1OC(OC2CC[C@]3(C=NCCc4ccccc4)[C@H]4CC[C@]5(C)C(C6=CC(=O)OC6)CCC5(O)C4CCC3(O)C2)CC(O)C1O. The van der Waals surface area contributed by atoms with Crippen LogP contribution >= 0.6 is 0 Å². The Morgan fingerprint density at radius 2 is 1.80 bits per heavy atom. The molecule has 6 aliphatic rings. The summed E-state index contributed by atoms with van der Waals surface area (Å²) in [6, 6.07) is 10.3. The van der Waals surface area contributed by atoms with Crippen molar-refractivity contribution in [3.8, 4) is 0 Å². The molecule has 4 aliphatic carbocycles. The summed E-state index contributed by atoms with van der Waals surface area (Å²) in [7, 11) is 0. The molecule has 1 aromatic carbocycles. The van der Waals surface area contributed by atoms with Gasteiger partial charge in [-0.05, 0) is 93.6 Å². The number of esters is 1. The second-order valence-corrected chi connectivity index (χ2v) is 15.5. The van der Waals surface area contributed by atoms with Crippen molar-refractivity contribution in [3.05, 3.63) is 47.5 Å². The molecule has 46 heavy (non-hydrogen) atoms. The average molecular weight is 638 g/mol. The molecule has 0 spiro atoms. The predicted molar refractivity (Wildman–Crippen MR) is 171 cm³/mol. The second-order valence-electron chi connectivity index (χ2n) is 15.5. The molecule has 7 rings (SSSR count). The van der Waals surface area contributed by atoms with Crippen molar-refractivity contribution in [1.29, 1.82) is 0 Å². The van der Waals surface area contributed by atoms with Crippen molar-refractivity contribution in [1.82, 2.24) is 0 Å². The first-order valence-electron chi connectivity index (χ1n) is 17.5. The molecule has 4 N–H and O–H groups in total. The standard InChI is InChI=1S/C37H51NO8/c1-23-33(41)30(39)19-32(45-23)46-26-8-14-35(22-38-17-12-24-6-4-3-5-7-24)28-9-13-34(2)27(25-18-31(40)44-21-25)11-16-37(34,43)29(28)10-15-36(35,42)20-26/h3-7,18,22-23,26-30,32-33,39,41-43H,8-17,19-21H2,1-2H3/t23?,26?,27?,28-,29?,30?,32?,33?,34+,35-,36?,37?/m0/s1. The van der Waals surface area contributed by atoms with Gasteiger partial charge in [-0.3, -0.25) is 4.99 Å². The van der Waals surface area contributed by atoms with Crippen LogP contribution in [0, 0.1) is 28.6 Å². The van der Waals surface area contributed by atoms with Crippen LogP contribution < -0.4 is 0 Å². The molecular weight excluding hydrogens is 586 g/mol. The van der Waals surface area contributed by atoms with Gasteiger partial charge < -0.3 is 34.6 Å². The van der Waals surface area contributed by atoms with Crippen LogP contribution in [0.15, 0.2) is 47.0 Å². The van der Waals surface area contributed by atoms with Crippen molar-refractivity contribution in [3.63, 3.8) is 0 Å². The van der Waals surface area contributed by atoms with E-state index in [1.165, 1.54) is 5.56 Å². The highest BCUT2D eigenvalue weighted by Crippen LogP contribution is 2.70. The molecule has 0 amide bonds. The zero-order valence-electron chi connectivity index (χ0n) is 27.2. The van der Waals surface area contributed by atoms with Gasteiger partial charge in [0.25, 0.3) is 0 Å². The Morgan fingerprint density at radius 3 is 2.54 bits per heavy atom. The van der Waals surface area contributed by atoms with E-state index in [4.69, 9.17) is 19.2 Å². The van der Waals surface area contributed by atoms with E-state index in [1.54, 1.807) is 13.0 Å². The number of hydrogen-bond acceptors (Lipinski definition) is 9. The molecule has 2 heterocycles. The van der Waals surface area contributed by atoms with E-state index in [0.29, 0.717) is 51.7 Å². The number of hydrogen-bond donors (Lipinski definition) is 4. The lowest BCUT2D eigenvalue weighted by atomic mass is 9.41. The quantitative estimate of drug-likeness (QED) is 0.201. The van der Waals surface area contributed by atoms with Crippen molar-refractivity contribution < 1.29 is 39.4 Å². The highest BCUT2D eigenvalue weighted by Gasteiger charge is 2.71. The molecule has 9 nitrogen and oxygen atoms in total. The molecule has 0 radical (unpaired) electrons. The van der Waals surface area contributed by atoms with Crippen molar-refractivity contribution in [2.75, 3.05) is 13.2 Å². The van der Waals surface area contributed by atoms with E-state index in [1.807, 2.05) is 18.2 Å². The van der Waals surface area contributed by atoms with Gasteiger partial charge in [0.1, 0.15) is 12.7 Å². The third kappa shape index (κ3) is 5.21. The summed E-state index contributed by atoms with van der Waals surface area (Å²) in [4.78, 5) is 17.0.